The molecular formula is C15H21N3S. The maximum absolute atomic E-state index is 4.52. The summed E-state index contributed by atoms with van der Waals surface area (Å²) in [6.07, 6.45) is 7.98. The first-order valence-corrected chi connectivity index (χ1v) is 8.05. The van der Waals surface area contributed by atoms with Crippen molar-refractivity contribution in [1.82, 2.24) is 14.9 Å². The lowest BCUT2D eigenvalue weighted by Gasteiger charge is -2.19. The van der Waals surface area contributed by atoms with E-state index >= 15 is 0 Å². The molecule has 1 fully saturated rings. The minimum Gasteiger partial charge on any atom is -0.329 e. The van der Waals surface area contributed by atoms with E-state index in [9.17, 15) is 0 Å². The Morgan fingerprint density at radius 3 is 3.11 bits per heavy atom. The van der Waals surface area contributed by atoms with Crippen molar-refractivity contribution in [2.24, 2.45) is 5.92 Å². The van der Waals surface area contributed by atoms with Crippen LogP contribution in [-0.2, 0) is 6.54 Å². The zero-order valence-electron chi connectivity index (χ0n) is 11.4. The van der Waals surface area contributed by atoms with Crippen LogP contribution in [0.25, 0.3) is 10.7 Å². The number of aromatic nitrogens is 2. The molecule has 0 aliphatic heterocycles. The Labute approximate surface area is 118 Å². The van der Waals surface area contributed by atoms with Crippen LogP contribution < -0.4 is 5.32 Å². The van der Waals surface area contributed by atoms with E-state index in [2.05, 4.69) is 45.5 Å². The van der Waals surface area contributed by atoms with Crippen LogP contribution in [0.2, 0.25) is 0 Å². The molecule has 4 heteroatoms. The Hall–Kier alpha value is -1.13. The van der Waals surface area contributed by atoms with E-state index in [-0.39, 0.29) is 0 Å². The van der Waals surface area contributed by atoms with Crippen LogP contribution >= 0.6 is 11.3 Å². The largest absolute Gasteiger partial charge is 0.329 e. The molecule has 3 rings (SSSR count). The third kappa shape index (κ3) is 3.07. The maximum Gasteiger partial charge on any atom is 0.150 e. The van der Waals surface area contributed by atoms with Gasteiger partial charge in [0.2, 0.25) is 0 Å². The lowest BCUT2D eigenvalue weighted by Crippen LogP contribution is -2.35. The molecular weight excluding hydrogens is 254 g/mol. The van der Waals surface area contributed by atoms with Gasteiger partial charge in [0.15, 0.2) is 0 Å². The van der Waals surface area contributed by atoms with Gasteiger partial charge in [0, 0.05) is 25.0 Å². The Bertz CT molecular complexity index is 499. The molecule has 1 aliphatic carbocycles. The summed E-state index contributed by atoms with van der Waals surface area (Å²) < 4.78 is 2.30. The number of hydrogen-bond donors (Lipinski definition) is 1. The molecule has 1 aliphatic rings. The molecule has 19 heavy (non-hydrogen) atoms. The smallest absolute Gasteiger partial charge is 0.150 e. The van der Waals surface area contributed by atoms with Crippen molar-refractivity contribution in [3.05, 3.63) is 29.9 Å². The van der Waals surface area contributed by atoms with Crippen LogP contribution in [0.1, 0.15) is 26.2 Å². The molecule has 1 N–H and O–H groups in total. The molecule has 0 spiro atoms. The monoisotopic (exact) mass is 275 g/mol. The van der Waals surface area contributed by atoms with Crippen LogP contribution in [-0.4, -0.2) is 22.1 Å². The van der Waals surface area contributed by atoms with E-state index in [1.54, 1.807) is 11.3 Å². The van der Waals surface area contributed by atoms with Gasteiger partial charge in [0.05, 0.1) is 4.88 Å². The number of nitrogens with zero attached hydrogens (tertiary/aromatic N) is 2. The van der Waals surface area contributed by atoms with Crippen molar-refractivity contribution in [2.75, 3.05) is 6.54 Å². The van der Waals surface area contributed by atoms with E-state index in [4.69, 9.17) is 0 Å². The van der Waals surface area contributed by atoms with Crippen molar-refractivity contribution < 1.29 is 0 Å². The van der Waals surface area contributed by atoms with E-state index in [0.717, 1.165) is 24.8 Å². The first-order chi connectivity index (χ1) is 9.38. The van der Waals surface area contributed by atoms with Gasteiger partial charge in [-0.2, -0.15) is 0 Å². The van der Waals surface area contributed by atoms with E-state index in [1.807, 2.05) is 6.20 Å². The van der Waals surface area contributed by atoms with E-state index in [1.165, 1.54) is 24.1 Å². The molecule has 0 amide bonds. The van der Waals surface area contributed by atoms with Crippen molar-refractivity contribution >= 4 is 11.3 Å². The van der Waals surface area contributed by atoms with Gasteiger partial charge in [0.1, 0.15) is 5.82 Å². The Morgan fingerprint density at radius 1 is 1.53 bits per heavy atom. The molecule has 0 radical (unpaired) electrons. The van der Waals surface area contributed by atoms with Gasteiger partial charge in [-0.3, -0.25) is 0 Å². The van der Waals surface area contributed by atoms with Crippen LogP contribution in [0, 0.1) is 5.92 Å². The van der Waals surface area contributed by atoms with Crippen molar-refractivity contribution in [3.8, 4) is 10.7 Å². The Balaban J connectivity index is 1.73. The molecule has 0 saturated heterocycles. The molecule has 1 unspecified atom stereocenters. The van der Waals surface area contributed by atoms with Crippen LogP contribution in [0.15, 0.2) is 29.9 Å². The number of hydrogen-bond acceptors (Lipinski definition) is 3. The van der Waals surface area contributed by atoms with Gasteiger partial charge in [-0.05, 0) is 43.2 Å². The minimum absolute atomic E-state index is 0.605. The van der Waals surface area contributed by atoms with Crippen molar-refractivity contribution in [1.29, 1.82) is 0 Å². The van der Waals surface area contributed by atoms with Gasteiger partial charge in [-0.1, -0.05) is 13.0 Å². The average molecular weight is 275 g/mol. The highest BCUT2D eigenvalue weighted by Crippen LogP contribution is 2.34. The molecule has 1 atom stereocenters. The van der Waals surface area contributed by atoms with Crippen LogP contribution in [0.4, 0.5) is 0 Å². The summed E-state index contributed by atoms with van der Waals surface area (Å²) in [4.78, 5) is 5.78. The molecule has 3 nitrogen and oxygen atoms in total. The maximum atomic E-state index is 4.52. The predicted octanol–water partition coefficient (Wildman–Crippen LogP) is 3.39. The second kappa shape index (κ2) is 5.88. The van der Waals surface area contributed by atoms with Gasteiger partial charge >= 0.3 is 0 Å². The summed E-state index contributed by atoms with van der Waals surface area (Å²) in [5, 5.41) is 5.81. The summed E-state index contributed by atoms with van der Waals surface area (Å²) in [5.74, 6) is 1.98. The summed E-state index contributed by atoms with van der Waals surface area (Å²) in [6.45, 7) is 4.38. The van der Waals surface area contributed by atoms with Crippen LogP contribution in [0.5, 0.6) is 0 Å². The third-order valence-corrected chi connectivity index (χ3v) is 4.56. The lowest BCUT2D eigenvalue weighted by molar-refractivity contribution is 0.409. The number of nitrogens with one attached hydrogen (secondary N) is 1. The first kappa shape index (κ1) is 12.9. The second-order valence-corrected chi connectivity index (χ2v) is 6.23. The fraction of sp³-hybridized carbons (Fsp3) is 0.533. The average Bonchev–Trinajstić information content (AvgIpc) is 2.94. The SMILES string of the molecule is CCCNC(Cn1ccnc1-c1cccs1)C1CC1. The van der Waals surface area contributed by atoms with Gasteiger partial charge in [0.25, 0.3) is 0 Å². The quantitative estimate of drug-likeness (QED) is 0.839. The van der Waals surface area contributed by atoms with Gasteiger partial charge < -0.3 is 9.88 Å². The Kier molecular flexibility index (Phi) is 3.99. The van der Waals surface area contributed by atoms with Gasteiger partial charge in [-0.25, -0.2) is 4.98 Å². The molecule has 102 valence electrons. The molecule has 2 heterocycles. The summed E-state index contributed by atoms with van der Waals surface area (Å²) >= 11 is 1.76. The van der Waals surface area contributed by atoms with E-state index < -0.39 is 0 Å². The normalized spacial score (nSPS) is 16.7. The van der Waals surface area contributed by atoms with Crippen molar-refractivity contribution in [3.63, 3.8) is 0 Å². The molecule has 1 saturated carbocycles. The first-order valence-electron chi connectivity index (χ1n) is 7.17. The highest BCUT2D eigenvalue weighted by molar-refractivity contribution is 7.13. The minimum atomic E-state index is 0.605. The fourth-order valence-corrected chi connectivity index (χ4v) is 3.24. The highest BCUT2D eigenvalue weighted by atomic mass is 32.1. The summed E-state index contributed by atoms with van der Waals surface area (Å²) in [5.41, 5.74) is 0. The molecule has 0 aromatic carbocycles. The molecule has 0 bridgehead atoms. The highest BCUT2D eigenvalue weighted by Gasteiger charge is 2.31. The number of imidazole rings is 1. The third-order valence-electron chi connectivity index (χ3n) is 3.70. The zero-order valence-corrected chi connectivity index (χ0v) is 12.2. The van der Waals surface area contributed by atoms with E-state index in [0.29, 0.717) is 6.04 Å². The summed E-state index contributed by atoms with van der Waals surface area (Å²) in [6, 6.07) is 4.84. The number of rotatable bonds is 7. The predicted molar refractivity (Wildman–Crippen MR) is 80.3 cm³/mol. The van der Waals surface area contributed by atoms with Gasteiger partial charge in [-0.15, -0.1) is 11.3 Å². The Morgan fingerprint density at radius 2 is 2.42 bits per heavy atom. The fourth-order valence-electron chi connectivity index (χ4n) is 2.51. The summed E-state index contributed by atoms with van der Waals surface area (Å²) in [7, 11) is 0. The zero-order chi connectivity index (χ0) is 13.1. The topological polar surface area (TPSA) is 29.9 Å². The molecule has 2 aromatic rings. The van der Waals surface area contributed by atoms with Crippen molar-refractivity contribution in [2.45, 2.75) is 38.8 Å². The van der Waals surface area contributed by atoms with Crippen LogP contribution in [0.3, 0.4) is 0 Å². The lowest BCUT2D eigenvalue weighted by atomic mass is 10.1. The second-order valence-electron chi connectivity index (χ2n) is 5.28. The number of thiophene rings is 1. The standard InChI is InChI=1S/C15H21N3S/c1-2-7-16-13(12-5-6-12)11-18-9-8-17-15(18)14-4-3-10-19-14/h3-4,8-10,12-13,16H,2,5-7,11H2,1H3. The molecule has 2 aromatic heterocycles.